The summed E-state index contributed by atoms with van der Waals surface area (Å²) in [7, 11) is 0. The lowest BCUT2D eigenvalue weighted by Crippen LogP contribution is -2.30. The fraction of sp³-hybridized carbons (Fsp3) is 0.725. The summed E-state index contributed by atoms with van der Waals surface area (Å²) in [6, 6.07) is 0. The van der Waals surface area contributed by atoms with E-state index in [0.717, 1.165) is 116 Å². The zero-order valence-electron chi connectivity index (χ0n) is 49.3. The molecule has 6 heteroatoms. The minimum Gasteiger partial charge on any atom is -0.462 e. The summed E-state index contributed by atoms with van der Waals surface area (Å²) >= 11 is 0. The predicted molar refractivity (Wildman–Crippen MR) is 325 cm³/mol. The molecule has 0 aromatic rings. The number of hydrogen-bond donors (Lipinski definition) is 0. The first-order valence-corrected chi connectivity index (χ1v) is 31.7. The standard InChI is InChI=1S/C69H118O6/c1-4-7-10-13-16-19-22-25-26-27-28-29-30-31-32-33-34-35-36-37-38-39-40-41-42-43-44-45-48-50-53-56-59-62-68(71)74-65-66(75-69(72)63-60-57-54-51-47-24-21-18-15-12-9-6-3)64-73-67(70)61-58-55-52-49-46-23-20-17-14-11-8-5-2/h7,10,16,19,25-26,28-29,31-32,34-35,37-38,40-41,66H,4-6,8-9,11-15,17-18,20-24,27,30,33,36,39,42-65H2,1-3H3/b10-7-,19-16-,26-25-,29-28-,32-31-,35-34-,38-37-,41-40-. The van der Waals surface area contributed by atoms with Gasteiger partial charge in [0.15, 0.2) is 6.10 Å². The van der Waals surface area contributed by atoms with E-state index in [1.54, 1.807) is 0 Å². The Bertz CT molecular complexity index is 1480. The van der Waals surface area contributed by atoms with Crippen molar-refractivity contribution in [2.24, 2.45) is 0 Å². The highest BCUT2D eigenvalue weighted by molar-refractivity contribution is 5.71. The van der Waals surface area contributed by atoms with Crippen LogP contribution in [0.15, 0.2) is 97.2 Å². The van der Waals surface area contributed by atoms with E-state index >= 15 is 0 Å². The first-order valence-electron chi connectivity index (χ1n) is 31.7. The van der Waals surface area contributed by atoms with Crippen LogP contribution in [0.5, 0.6) is 0 Å². The molecular weight excluding hydrogens is 925 g/mol. The second-order valence-electron chi connectivity index (χ2n) is 21.0. The van der Waals surface area contributed by atoms with Gasteiger partial charge in [0.2, 0.25) is 0 Å². The van der Waals surface area contributed by atoms with Crippen molar-refractivity contribution in [2.45, 2.75) is 309 Å². The minimum absolute atomic E-state index is 0.0749. The van der Waals surface area contributed by atoms with Gasteiger partial charge in [-0.1, -0.05) is 298 Å². The minimum atomic E-state index is -0.776. The van der Waals surface area contributed by atoms with Gasteiger partial charge in [-0.15, -0.1) is 0 Å². The molecule has 75 heavy (non-hydrogen) atoms. The van der Waals surface area contributed by atoms with E-state index in [1.165, 1.54) is 148 Å². The summed E-state index contributed by atoms with van der Waals surface area (Å²) in [5, 5.41) is 0. The summed E-state index contributed by atoms with van der Waals surface area (Å²) in [6.07, 6.45) is 84.2. The van der Waals surface area contributed by atoms with Crippen LogP contribution in [0.4, 0.5) is 0 Å². The zero-order chi connectivity index (χ0) is 54.3. The van der Waals surface area contributed by atoms with E-state index in [4.69, 9.17) is 14.2 Å². The van der Waals surface area contributed by atoms with Crippen molar-refractivity contribution in [1.29, 1.82) is 0 Å². The Kier molecular flexibility index (Phi) is 59.8. The monoisotopic (exact) mass is 1040 g/mol. The van der Waals surface area contributed by atoms with Crippen LogP contribution in [0, 0.1) is 0 Å². The molecule has 0 bridgehead atoms. The van der Waals surface area contributed by atoms with Gasteiger partial charge in [0, 0.05) is 19.3 Å². The third kappa shape index (κ3) is 61.1. The molecule has 0 aliphatic rings. The molecule has 0 fully saturated rings. The first kappa shape index (κ1) is 71.3. The molecule has 0 N–H and O–H groups in total. The molecule has 0 amide bonds. The summed E-state index contributed by atoms with van der Waals surface area (Å²) in [5.74, 6) is -0.874. The van der Waals surface area contributed by atoms with Crippen molar-refractivity contribution in [1.82, 2.24) is 0 Å². The van der Waals surface area contributed by atoms with Crippen LogP contribution in [0.2, 0.25) is 0 Å². The third-order valence-corrected chi connectivity index (χ3v) is 13.6. The van der Waals surface area contributed by atoms with Crippen molar-refractivity contribution < 1.29 is 28.6 Å². The molecule has 1 unspecified atom stereocenters. The first-order chi connectivity index (χ1) is 37.0. The molecule has 0 aliphatic heterocycles. The van der Waals surface area contributed by atoms with Gasteiger partial charge in [-0.3, -0.25) is 14.4 Å². The summed E-state index contributed by atoms with van der Waals surface area (Å²) in [4.78, 5) is 38.1. The molecule has 0 saturated heterocycles. The number of unbranched alkanes of at least 4 members (excludes halogenated alkanes) is 30. The van der Waals surface area contributed by atoms with E-state index in [0.29, 0.717) is 19.3 Å². The third-order valence-electron chi connectivity index (χ3n) is 13.6. The van der Waals surface area contributed by atoms with Gasteiger partial charge in [-0.2, -0.15) is 0 Å². The highest BCUT2D eigenvalue weighted by Gasteiger charge is 2.19. The Morgan fingerprint density at radius 3 is 0.813 bits per heavy atom. The SMILES string of the molecule is CC/C=C\C/C=C\C/C=C\C/C=C\C/C=C\C/C=C\C/C=C\C/C=C\CCCCCCCCCCC(=O)OCC(COC(=O)CCCCCCCCCCCCCC)OC(=O)CCCCCCCCCCCCCC. The molecule has 0 aromatic heterocycles. The molecule has 0 aromatic carbocycles. The molecule has 0 heterocycles. The van der Waals surface area contributed by atoms with E-state index in [2.05, 4.69) is 118 Å². The largest absolute Gasteiger partial charge is 0.462 e. The summed E-state index contributed by atoms with van der Waals surface area (Å²) in [6.45, 7) is 6.53. The summed E-state index contributed by atoms with van der Waals surface area (Å²) in [5.41, 5.74) is 0. The molecule has 6 nitrogen and oxygen atoms in total. The summed E-state index contributed by atoms with van der Waals surface area (Å²) < 4.78 is 16.9. The molecule has 0 rings (SSSR count). The van der Waals surface area contributed by atoms with Crippen LogP contribution in [0.1, 0.15) is 303 Å². The van der Waals surface area contributed by atoms with E-state index < -0.39 is 6.10 Å². The Balaban J connectivity index is 4.19. The van der Waals surface area contributed by atoms with Crippen molar-refractivity contribution in [3.05, 3.63) is 97.2 Å². The number of hydrogen-bond acceptors (Lipinski definition) is 6. The fourth-order valence-electron chi connectivity index (χ4n) is 8.87. The van der Waals surface area contributed by atoms with Crippen LogP contribution < -0.4 is 0 Å². The zero-order valence-corrected chi connectivity index (χ0v) is 49.3. The fourth-order valence-corrected chi connectivity index (χ4v) is 8.87. The smallest absolute Gasteiger partial charge is 0.306 e. The lowest BCUT2D eigenvalue weighted by Gasteiger charge is -2.18. The molecule has 0 spiro atoms. The van der Waals surface area contributed by atoms with Crippen LogP contribution >= 0.6 is 0 Å². The van der Waals surface area contributed by atoms with E-state index in [-0.39, 0.29) is 31.1 Å². The van der Waals surface area contributed by atoms with Gasteiger partial charge in [-0.25, -0.2) is 0 Å². The van der Waals surface area contributed by atoms with Crippen LogP contribution in [0.3, 0.4) is 0 Å². The van der Waals surface area contributed by atoms with Crippen molar-refractivity contribution in [3.8, 4) is 0 Å². The van der Waals surface area contributed by atoms with Gasteiger partial charge in [-0.05, 0) is 83.5 Å². The highest BCUT2D eigenvalue weighted by Crippen LogP contribution is 2.16. The average Bonchev–Trinajstić information content (AvgIpc) is 3.41. The number of esters is 3. The van der Waals surface area contributed by atoms with Crippen molar-refractivity contribution in [2.75, 3.05) is 13.2 Å². The quantitative estimate of drug-likeness (QED) is 0.0261. The van der Waals surface area contributed by atoms with Crippen molar-refractivity contribution >= 4 is 17.9 Å². The molecule has 0 radical (unpaired) electrons. The second kappa shape index (κ2) is 62.9. The van der Waals surface area contributed by atoms with Crippen LogP contribution in [0.25, 0.3) is 0 Å². The molecule has 0 aliphatic carbocycles. The van der Waals surface area contributed by atoms with E-state index in [1.807, 2.05) is 0 Å². The normalized spacial score (nSPS) is 12.7. The van der Waals surface area contributed by atoms with Gasteiger partial charge in [0.1, 0.15) is 13.2 Å². The topological polar surface area (TPSA) is 78.9 Å². The Hall–Kier alpha value is -3.67. The lowest BCUT2D eigenvalue weighted by atomic mass is 10.0. The molecular formula is C69H118O6. The van der Waals surface area contributed by atoms with Crippen LogP contribution in [-0.4, -0.2) is 37.2 Å². The van der Waals surface area contributed by atoms with Gasteiger partial charge >= 0.3 is 17.9 Å². The predicted octanol–water partition coefficient (Wildman–Crippen LogP) is 21.7. The molecule has 430 valence electrons. The molecule has 0 saturated carbocycles. The maximum atomic E-state index is 12.8. The Morgan fingerprint density at radius 2 is 0.520 bits per heavy atom. The number of carbonyl (C=O) groups is 3. The maximum Gasteiger partial charge on any atom is 0.306 e. The lowest BCUT2D eigenvalue weighted by molar-refractivity contribution is -0.167. The Labute approximate surface area is 464 Å². The van der Waals surface area contributed by atoms with Crippen LogP contribution in [-0.2, 0) is 28.6 Å². The Morgan fingerprint density at radius 1 is 0.280 bits per heavy atom. The van der Waals surface area contributed by atoms with Gasteiger partial charge in [0.05, 0.1) is 0 Å². The second-order valence-corrected chi connectivity index (χ2v) is 21.0. The van der Waals surface area contributed by atoms with E-state index in [9.17, 15) is 14.4 Å². The highest BCUT2D eigenvalue weighted by atomic mass is 16.6. The number of rotatable bonds is 57. The van der Waals surface area contributed by atoms with Crippen molar-refractivity contribution in [3.63, 3.8) is 0 Å². The maximum absolute atomic E-state index is 12.8. The molecule has 1 atom stereocenters. The van der Waals surface area contributed by atoms with Gasteiger partial charge in [0.25, 0.3) is 0 Å². The van der Waals surface area contributed by atoms with Gasteiger partial charge < -0.3 is 14.2 Å². The average molecular weight is 1040 g/mol. The number of carbonyl (C=O) groups excluding carboxylic acids is 3. The number of allylic oxidation sites excluding steroid dienone is 16. The number of ether oxygens (including phenoxy) is 3.